The highest BCUT2D eigenvalue weighted by Crippen LogP contribution is 2.55. The molecule has 30 heavy (non-hydrogen) atoms. The number of ether oxygens (including phenoxy) is 4. The fraction of sp³-hybridized carbons (Fsp3) is 0.435. The molecule has 7 heteroatoms. The fourth-order valence-electron chi connectivity index (χ4n) is 4.15. The Hall–Kier alpha value is -3.09. The first-order valence-electron chi connectivity index (χ1n) is 9.81. The van der Waals surface area contributed by atoms with Gasteiger partial charge in [0.2, 0.25) is 11.5 Å². The van der Waals surface area contributed by atoms with Crippen molar-refractivity contribution < 1.29 is 34.0 Å². The van der Waals surface area contributed by atoms with Crippen LogP contribution in [0.25, 0.3) is 11.1 Å². The third-order valence-electron chi connectivity index (χ3n) is 5.77. The number of rotatable bonds is 4. The summed E-state index contributed by atoms with van der Waals surface area (Å²) in [5.74, 6) is 0.598. The van der Waals surface area contributed by atoms with Crippen molar-refractivity contribution in [3.8, 4) is 45.6 Å². The van der Waals surface area contributed by atoms with E-state index in [4.69, 9.17) is 18.9 Å². The molecular formula is C23H28O7. The van der Waals surface area contributed by atoms with Gasteiger partial charge < -0.3 is 29.2 Å². The van der Waals surface area contributed by atoms with E-state index in [0.29, 0.717) is 29.7 Å². The monoisotopic (exact) mass is 416 g/mol. The lowest BCUT2D eigenvalue weighted by molar-refractivity contribution is -0.132. The zero-order valence-electron chi connectivity index (χ0n) is 18.2. The molecule has 1 aliphatic carbocycles. The zero-order chi connectivity index (χ0) is 22.2. The Labute approximate surface area is 176 Å². The minimum absolute atomic E-state index is 0.0296. The van der Waals surface area contributed by atoms with Crippen molar-refractivity contribution in [3.63, 3.8) is 0 Å². The molecule has 0 bridgehead atoms. The Morgan fingerprint density at radius 1 is 0.867 bits per heavy atom. The van der Waals surface area contributed by atoms with Gasteiger partial charge in [-0.1, -0.05) is 13.8 Å². The Morgan fingerprint density at radius 3 is 1.90 bits per heavy atom. The molecule has 0 saturated heterocycles. The van der Waals surface area contributed by atoms with Gasteiger partial charge in [0.15, 0.2) is 23.0 Å². The molecule has 0 amide bonds. The van der Waals surface area contributed by atoms with Crippen LogP contribution in [0.15, 0.2) is 12.1 Å². The van der Waals surface area contributed by atoms with Gasteiger partial charge in [-0.25, -0.2) is 0 Å². The van der Waals surface area contributed by atoms with Crippen LogP contribution in [0.5, 0.6) is 34.5 Å². The number of methoxy groups -OCH3 is 3. The van der Waals surface area contributed by atoms with Gasteiger partial charge in [0, 0.05) is 18.1 Å². The molecule has 7 nitrogen and oxygen atoms in total. The summed E-state index contributed by atoms with van der Waals surface area (Å²) in [6, 6.07) is 3.38. The lowest BCUT2D eigenvalue weighted by Crippen LogP contribution is -2.18. The summed E-state index contributed by atoms with van der Waals surface area (Å²) in [5, 5.41) is 21.7. The number of carbonyl (C=O) groups excluding carboxylic acids is 1. The number of aromatic hydroxyl groups is 2. The van der Waals surface area contributed by atoms with Gasteiger partial charge in [-0.3, -0.25) is 4.79 Å². The van der Waals surface area contributed by atoms with Gasteiger partial charge in [-0.2, -0.15) is 0 Å². The Morgan fingerprint density at radius 2 is 1.40 bits per heavy atom. The van der Waals surface area contributed by atoms with Crippen LogP contribution in [0.4, 0.5) is 0 Å². The number of hydrogen-bond acceptors (Lipinski definition) is 7. The molecule has 0 aliphatic heterocycles. The van der Waals surface area contributed by atoms with Crippen LogP contribution in [0.2, 0.25) is 0 Å². The van der Waals surface area contributed by atoms with E-state index in [-0.39, 0.29) is 40.6 Å². The van der Waals surface area contributed by atoms with Crippen LogP contribution >= 0.6 is 0 Å². The summed E-state index contributed by atoms with van der Waals surface area (Å²) in [6.45, 7) is 5.57. The molecule has 0 radical (unpaired) electrons. The molecule has 162 valence electrons. The smallest absolute Gasteiger partial charge is 0.308 e. The number of carbonyl (C=O) groups is 1. The van der Waals surface area contributed by atoms with Crippen molar-refractivity contribution in [1.29, 1.82) is 0 Å². The number of phenols is 2. The van der Waals surface area contributed by atoms with Crippen LogP contribution in [-0.4, -0.2) is 37.5 Å². The maximum Gasteiger partial charge on any atom is 0.308 e. The van der Waals surface area contributed by atoms with Crippen molar-refractivity contribution in [2.24, 2.45) is 11.8 Å². The molecule has 1 aliphatic rings. The molecule has 0 spiro atoms. The number of benzene rings is 2. The third kappa shape index (κ3) is 3.60. The average Bonchev–Trinajstić information content (AvgIpc) is 2.67. The van der Waals surface area contributed by atoms with Crippen molar-refractivity contribution in [2.45, 2.75) is 33.6 Å². The second-order valence-corrected chi connectivity index (χ2v) is 7.74. The minimum atomic E-state index is -0.510. The summed E-state index contributed by atoms with van der Waals surface area (Å²) in [4.78, 5) is 11.6. The Bertz CT molecular complexity index is 980. The number of phenolic OH excluding ortho intramolecular Hbond substituents is 2. The van der Waals surface area contributed by atoms with E-state index in [2.05, 4.69) is 13.8 Å². The van der Waals surface area contributed by atoms with Gasteiger partial charge in [-0.05, 0) is 47.9 Å². The lowest BCUT2D eigenvalue weighted by atomic mass is 9.77. The first-order chi connectivity index (χ1) is 14.2. The largest absolute Gasteiger partial charge is 0.504 e. The van der Waals surface area contributed by atoms with Gasteiger partial charge in [-0.15, -0.1) is 0 Å². The van der Waals surface area contributed by atoms with Crippen LogP contribution < -0.4 is 18.9 Å². The molecule has 2 atom stereocenters. The third-order valence-corrected chi connectivity index (χ3v) is 5.77. The van der Waals surface area contributed by atoms with Gasteiger partial charge in [0.1, 0.15) is 0 Å². The molecule has 0 saturated carbocycles. The van der Waals surface area contributed by atoms with Crippen LogP contribution in [0.3, 0.4) is 0 Å². The second-order valence-electron chi connectivity index (χ2n) is 7.74. The summed E-state index contributed by atoms with van der Waals surface area (Å²) < 4.78 is 21.7. The molecular weight excluding hydrogens is 388 g/mol. The van der Waals surface area contributed by atoms with E-state index in [0.717, 1.165) is 11.1 Å². The van der Waals surface area contributed by atoms with E-state index in [9.17, 15) is 15.0 Å². The maximum absolute atomic E-state index is 11.6. The molecule has 2 N–H and O–H groups in total. The summed E-state index contributed by atoms with van der Waals surface area (Å²) in [6.07, 6.45) is 1.32. The first kappa shape index (κ1) is 21.6. The van der Waals surface area contributed by atoms with Crippen LogP contribution in [0, 0.1) is 11.8 Å². The van der Waals surface area contributed by atoms with Gasteiger partial charge >= 0.3 is 5.97 Å². The van der Waals surface area contributed by atoms with Crippen molar-refractivity contribution in [2.75, 3.05) is 21.3 Å². The number of fused-ring (bicyclic) bond motifs is 3. The van der Waals surface area contributed by atoms with E-state index in [1.807, 2.05) is 0 Å². The van der Waals surface area contributed by atoms with Gasteiger partial charge in [0.05, 0.1) is 21.3 Å². The standard InChI is InChI=1S/C23H28O7/c1-11-7-14-9-16(25)21(27-4)23(29-6)19(14)18-15(8-12(11)2)10-17(30-13(3)24)22(28-5)20(18)26/h9-12,25-26H,7-8H2,1-6H3/t11-,12+/m1/s1. The molecule has 3 rings (SSSR count). The number of esters is 1. The zero-order valence-corrected chi connectivity index (χ0v) is 18.2. The SMILES string of the molecule is COc1c(OC(C)=O)cc2c(c1O)-c1c(cc(O)c(OC)c1OC)C[C@@H](C)[C@@H](C)C2. The maximum atomic E-state index is 11.6. The van der Waals surface area contributed by atoms with Crippen LogP contribution in [-0.2, 0) is 17.6 Å². The second kappa shape index (κ2) is 8.34. The molecule has 0 unspecified atom stereocenters. The molecule has 0 heterocycles. The average molecular weight is 416 g/mol. The predicted octanol–water partition coefficient (Wildman–Crippen LogP) is 4.09. The highest BCUT2D eigenvalue weighted by Gasteiger charge is 2.32. The Balaban J connectivity index is 2.45. The molecule has 2 aromatic rings. The summed E-state index contributed by atoms with van der Waals surface area (Å²) >= 11 is 0. The Kier molecular flexibility index (Phi) is 6.01. The van der Waals surface area contributed by atoms with E-state index in [1.165, 1.54) is 28.3 Å². The van der Waals surface area contributed by atoms with E-state index in [1.54, 1.807) is 12.1 Å². The molecule has 0 aromatic heterocycles. The summed E-state index contributed by atoms with van der Waals surface area (Å²) in [7, 11) is 4.34. The topological polar surface area (TPSA) is 94.5 Å². The minimum Gasteiger partial charge on any atom is -0.504 e. The van der Waals surface area contributed by atoms with E-state index >= 15 is 0 Å². The summed E-state index contributed by atoms with van der Waals surface area (Å²) in [5.41, 5.74) is 2.76. The predicted molar refractivity (Wildman–Crippen MR) is 112 cm³/mol. The quantitative estimate of drug-likeness (QED) is 0.573. The number of hydrogen-bond donors (Lipinski definition) is 2. The van der Waals surface area contributed by atoms with E-state index < -0.39 is 5.97 Å². The highest BCUT2D eigenvalue weighted by atomic mass is 16.6. The van der Waals surface area contributed by atoms with Crippen LogP contribution in [0.1, 0.15) is 31.9 Å². The first-order valence-corrected chi connectivity index (χ1v) is 9.81. The normalized spacial score (nSPS) is 17.8. The lowest BCUT2D eigenvalue weighted by Gasteiger charge is -2.29. The van der Waals surface area contributed by atoms with Crippen molar-refractivity contribution in [1.82, 2.24) is 0 Å². The fourth-order valence-corrected chi connectivity index (χ4v) is 4.15. The molecule has 2 aromatic carbocycles. The van der Waals surface area contributed by atoms with Crippen molar-refractivity contribution in [3.05, 3.63) is 23.3 Å². The van der Waals surface area contributed by atoms with Crippen molar-refractivity contribution >= 4 is 5.97 Å². The highest BCUT2D eigenvalue weighted by molar-refractivity contribution is 5.88. The molecule has 0 fully saturated rings. The van der Waals surface area contributed by atoms with Gasteiger partial charge in [0.25, 0.3) is 0 Å².